The van der Waals surface area contributed by atoms with Gasteiger partial charge < -0.3 is 10.6 Å². The lowest BCUT2D eigenvalue weighted by molar-refractivity contribution is 0.102. The van der Waals surface area contributed by atoms with Crippen molar-refractivity contribution in [3.8, 4) is 0 Å². The summed E-state index contributed by atoms with van der Waals surface area (Å²) < 4.78 is 24.9. The van der Waals surface area contributed by atoms with Crippen LogP contribution in [-0.4, -0.2) is 26.5 Å². The molecule has 0 bridgehead atoms. The molecule has 0 aliphatic carbocycles. The average molecular weight is 409 g/mol. The highest BCUT2D eigenvalue weighted by Crippen LogP contribution is 2.20. The minimum atomic E-state index is -3.37. The highest BCUT2D eigenvalue weighted by atomic mass is 32.2. The molecule has 3 aromatic carbocycles. The number of nitrogens with one attached hydrogen (secondary N) is 3. The van der Waals surface area contributed by atoms with Gasteiger partial charge in [-0.25, -0.2) is 8.42 Å². The Bertz CT molecular complexity index is 1130. The van der Waals surface area contributed by atoms with Gasteiger partial charge in [-0.15, -0.1) is 0 Å². The highest BCUT2D eigenvalue weighted by Gasteiger charge is 2.14. The molecule has 0 spiro atoms. The fourth-order valence-corrected chi connectivity index (χ4v) is 3.17. The van der Waals surface area contributed by atoms with Gasteiger partial charge in [-0.2, -0.15) is 0 Å². The summed E-state index contributed by atoms with van der Waals surface area (Å²) in [6.45, 7) is 0. The molecule has 8 heteroatoms. The minimum absolute atomic E-state index is 0.301. The van der Waals surface area contributed by atoms with Crippen LogP contribution in [0.25, 0.3) is 0 Å². The van der Waals surface area contributed by atoms with E-state index < -0.39 is 15.9 Å². The number of carbonyl (C=O) groups excluding carboxylic acids is 2. The number of hydrogen-bond donors (Lipinski definition) is 3. The molecule has 0 heterocycles. The molecule has 0 saturated heterocycles. The highest BCUT2D eigenvalue weighted by molar-refractivity contribution is 7.92. The molecule has 0 aliphatic heterocycles. The van der Waals surface area contributed by atoms with Gasteiger partial charge >= 0.3 is 0 Å². The second-order valence-electron chi connectivity index (χ2n) is 6.27. The molecule has 0 aliphatic rings. The summed E-state index contributed by atoms with van der Waals surface area (Å²) in [4.78, 5) is 25.1. The van der Waals surface area contributed by atoms with Crippen molar-refractivity contribution in [1.29, 1.82) is 0 Å². The van der Waals surface area contributed by atoms with Gasteiger partial charge in [0, 0.05) is 16.9 Å². The Morgan fingerprint density at radius 2 is 1.28 bits per heavy atom. The average Bonchev–Trinajstić information content (AvgIpc) is 2.69. The Balaban J connectivity index is 1.74. The first kappa shape index (κ1) is 20.1. The zero-order valence-electron chi connectivity index (χ0n) is 15.5. The molecule has 0 radical (unpaired) electrons. The molecule has 0 aromatic heterocycles. The molecule has 29 heavy (non-hydrogen) atoms. The molecular weight excluding hydrogens is 390 g/mol. The summed E-state index contributed by atoms with van der Waals surface area (Å²) in [6.07, 6.45) is 1.06. The SMILES string of the molecule is CS(=O)(=O)Nc1ccc(NC(=O)c2ccccc2NC(=O)c2ccccc2)cc1. The van der Waals surface area contributed by atoms with Crippen molar-refractivity contribution >= 4 is 38.9 Å². The molecule has 7 nitrogen and oxygen atoms in total. The van der Waals surface area contributed by atoms with Crippen LogP contribution < -0.4 is 15.4 Å². The van der Waals surface area contributed by atoms with E-state index >= 15 is 0 Å². The van der Waals surface area contributed by atoms with Crippen molar-refractivity contribution in [2.75, 3.05) is 21.6 Å². The third-order valence-electron chi connectivity index (χ3n) is 3.90. The molecule has 2 amide bonds. The number of carbonyl (C=O) groups is 2. The summed E-state index contributed by atoms with van der Waals surface area (Å²) >= 11 is 0. The molecular formula is C21H19N3O4S. The zero-order chi connectivity index (χ0) is 20.9. The Morgan fingerprint density at radius 3 is 1.93 bits per heavy atom. The normalized spacial score (nSPS) is 10.8. The zero-order valence-corrected chi connectivity index (χ0v) is 16.4. The van der Waals surface area contributed by atoms with Gasteiger partial charge in [0.25, 0.3) is 11.8 Å². The first-order valence-electron chi connectivity index (χ1n) is 8.66. The van der Waals surface area contributed by atoms with E-state index in [1.165, 1.54) is 0 Å². The van der Waals surface area contributed by atoms with E-state index in [2.05, 4.69) is 15.4 Å². The van der Waals surface area contributed by atoms with Crippen LogP contribution in [0.1, 0.15) is 20.7 Å². The lowest BCUT2D eigenvalue weighted by Crippen LogP contribution is -2.18. The van der Waals surface area contributed by atoms with Crippen LogP contribution >= 0.6 is 0 Å². The van der Waals surface area contributed by atoms with Gasteiger partial charge in [-0.05, 0) is 48.5 Å². The number of anilines is 3. The number of rotatable bonds is 6. The van der Waals surface area contributed by atoms with Crippen molar-refractivity contribution in [2.45, 2.75) is 0 Å². The third kappa shape index (κ3) is 5.66. The fraction of sp³-hybridized carbons (Fsp3) is 0.0476. The Kier molecular flexibility index (Phi) is 5.94. The number of para-hydroxylation sites is 1. The molecule has 0 saturated carbocycles. The van der Waals surface area contributed by atoms with Crippen LogP contribution in [0.5, 0.6) is 0 Å². The predicted octanol–water partition coefficient (Wildman–Crippen LogP) is 3.56. The largest absolute Gasteiger partial charge is 0.322 e. The van der Waals surface area contributed by atoms with Crippen molar-refractivity contribution in [3.63, 3.8) is 0 Å². The first-order chi connectivity index (χ1) is 13.8. The summed E-state index contributed by atoms with van der Waals surface area (Å²) in [5.74, 6) is -0.722. The van der Waals surface area contributed by atoms with Crippen LogP contribution in [-0.2, 0) is 10.0 Å². The topological polar surface area (TPSA) is 104 Å². The van der Waals surface area contributed by atoms with Crippen LogP contribution in [0.2, 0.25) is 0 Å². The maximum Gasteiger partial charge on any atom is 0.257 e. The lowest BCUT2D eigenvalue weighted by Gasteiger charge is -2.12. The van der Waals surface area contributed by atoms with Crippen LogP contribution in [0.4, 0.5) is 17.1 Å². The summed E-state index contributed by atoms with van der Waals surface area (Å²) in [7, 11) is -3.37. The summed E-state index contributed by atoms with van der Waals surface area (Å²) in [5.41, 5.74) is 2.04. The van der Waals surface area contributed by atoms with E-state index in [1.807, 2.05) is 6.07 Å². The fourth-order valence-electron chi connectivity index (χ4n) is 2.61. The maximum atomic E-state index is 12.7. The van der Waals surface area contributed by atoms with E-state index in [0.29, 0.717) is 28.2 Å². The Morgan fingerprint density at radius 1 is 0.690 bits per heavy atom. The van der Waals surface area contributed by atoms with E-state index in [4.69, 9.17) is 0 Å². The van der Waals surface area contributed by atoms with E-state index in [9.17, 15) is 18.0 Å². The quantitative estimate of drug-likeness (QED) is 0.579. The summed E-state index contributed by atoms with van der Waals surface area (Å²) in [5, 5.41) is 5.49. The Hall–Kier alpha value is -3.65. The molecule has 148 valence electrons. The lowest BCUT2D eigenvalue weighted by atomic mass is 10.1. The van der Waals surface area contributed by atoms with Crippen LogP contribution in [0.15, 0.2) is 78.9 Å². The molecule has 3 rings (SSSR count). The summed E-state index contributed by atoms with van der Waals surface area (Å²) in [6, 6.07) is 21.6. The second kappa shape index (κ2) is 8.57. The maximum absolute atomic E-state index is 12.7. The van der Waals surface area contributed by atoms with E-state index in [0.717, 1.165) is 6.26 Å². The smallest absolute Gasteiger partial charge is 0.257 e. The van der Waals surface area contributed by atoms with Crippen LogP contribution in [0.3, 0.4) is 0 Å². The second-order valence-corrected chi connectivity index (χ2v) is 8.02. The molecule has 0 fully saturated rings. The van der Waals surface area contributed by atoms with Gasteiger partial charge in [-0.1, -0.05) is 30.3 Å². The molecule has 3 N–H and O–H groups in total. The van der Waals surface area contributed by atoms with E-state index in [1.54, 1.807) is 72.8 Å². The van der Waals surface area contributed by atoms with Crippen molar-refractivity contribution < 1.29 is 18.0 Å². The third-order valence-corrected chi connectivity index (χ3v) is 4.51. The number of amides is 2. The Labute approximate surface area is 168 Å². The minimum Gasteiger partial charge on any atom is -0.322 e. The van der Waals surface area contributed by atoms with Gasteiger partial charge in [0.15, 0.2) is 0 Å². The van der Waals surface area contributed by atoms with Gasteiger partial charge in [0.05, 0.1) is 17.5 Å². The number of hydrogen-bond acceptors (Lipinski definition) is 4. The monoisotopic (exact) mass is 409 g/mol. The standard InChI is InChI=1S/C21H19N3O4S/c1-29(27,28)24-17-13-11-16(12-14-17)22-21(26)18-9-5-6-10-19(18)23-20(25)15-7-3-2-4-8-15/h2-14,24H,1H3,(H,22,26)(H,23,25). The van der Waals surface area contributed by atoms with E-state index in [-0.39, 0.29) is 5.91 Å². The predicted molar refractivity (Wildman–Crippen MR) is 114 cm³/mol. The van der Waals surface area contributed by atoms with Crippen molar-refractivity contribution in [1.82, 2.24) is 0 Å². The molecule has 0 unspecified atom stereocenters. The number of benzene rings is 3. The van der Waals surface area contributed by atoms with Crippen molar-refractivity contribution in [3.05, 3.63) is 90.0 Å². The van der Waals surface area contributed by atoms with Crippen molar-refractivity contribution in [2.24, 2.45) is 0 Å². The molecule has 3 aromatic rings. The van der Waals surface area contributed by atoms with Gasteiger partial charge in [-0.3, -0.25) is 14.3 Å². The number of sulfonamides is 1. The van der Waals surface area contributed by atoms with Gasteiger partial charge in [0.2, 0.25) is 10.0 Å². The molecule has 0 atom stereocenters. The van der Waals surface area contributed by atoms with Crippen LogP contribution in [0, 0.1) is 0 Å². The van der Waals surface area contributed by atoms with Gasteiger partial charge in [0.1, 0.15) is 0 Å². The first-order valence-corrected chi connectivity index (χ1v) is 10.6.